The van der Waals surface area contributed by atoms with E-state index >= 15 is 0 Å². The van der Waals surface area contributed by atoms with E-state index in [2.05, 4.69) is 6.58 Å². The molecule has 0 aliphatic heterocycles. The van der Waals surface area contributed by atoms with Crippen LogP contribution in [0.25, 0.3) is 0 Å². The highest BCUT2D eigenvalue weighted by atomic mass is 35.5. The van der Waals surface area contributed by atoms with Gasteiger partial charge in [0.15, 0.2) is 5.78 Å². The topological polar surface area (TPSA) is 34.1 Å². The van der Waals surface area contributed by atoms with E-state index in [4.69, 9.17) is 23.2 Å². The van der Waals surface area contributed by atoms with Crippen molar-refractivity contribution in [2.45, 2.75) is 0 Å². The molecule has 0 aromatic heterocycles. The summed E-state index contributed by atoms with van der Waals surface area (Å²) < 4.78 is 0. The van der Waals surface area contributed by atoms with E-state index in [1.807, 2.05) is 0 Å². The molecule has 0 fully saturated rings. The summed E-state index contributed by atoms with van der Waals surface area (Å²) in [4.78, 5) is 20.6. The summed E-state index contributed by atoms with van der Waals surface area (Å²) in [5, 5.41) is -1.00. The van der Waals surface area contributed by atoms with Crippen LogP contribution in [0.2, 0.25) is 0 Å². The maximum Gasteiger partial charge on any atom is 0.246 e. The third-order valence-corrected chi connectivity index (χ3v) is 1.07. The van der Waals surface area contributed by atoms with E-state index in [0.29, 0.717) is 0 Å². The quantitative estimate of drug-likeness (QED) is 0.487. The Labute approximate surface area is 68.1 Å². The molecule has 0 unspecified atom stereocenters. The largest absolute Gasteiger partial charge is 0.288 e. The molecule has 0 saturated carbocycles. The number of carbonyl (C=O) groups is 2. The number of carbonyl (C=O) groups excluding carboxylic acids is 2. The van der Waals surface area contributed by atoms with Gasteiger partial charge in [0, 0.05) is 6.08 Å². The standard InChI is InChI=1S/C6H4Cl2O2/c1-2-5(9)4(7)3-6(8)10/h2-3H,1H2. The summed E-state index contributed by atoms with van der Waals surface area (Å²) in [6.07, 6.45) is 1.83. The molecule has 0 atom stereocenters. The highest BCUT2D eigenvalue weighted by molar-refractivity contribution is 6.67. The van der Waals surface area contributed by atoms with Crippen molar-refractivity contribution >= 4 is 34.2 Å². The van der Waals surface area contributed by atoms with Gasteiger partial charge in [-0.05, 0) is 17.7 Å². The summed E-state index contributed by atoms with van der Waals surface area (Å²) in [5.74, 6) is -0.518. The Bertz CT molecular complexity index is 206. The normalized spacial score (nSPS) is 10.8. The monoisotopic (exact) mass is 178 g/mol. The molecule has 0 spiro atoms. The van der Waals surface area contributed by atoms with Crippen molar-refractivity contribution in [3.8, 4) is 0 Å². The molecular weight excluding hydrogens is 175 g/mol. The molecule has 0 amide bonds. The number of allylic oxidation sites excluding steroid dienone is 3. The van der Waals surface area contributed by atoms with Crippen LogP contribution in [0.15, 0.2) is 23.8 Å². The fourth-order valence-corrected chi connectivity index (χ4v) is 0.609. The van der Waals surface area contributed by atoms with Gasteiger partial charge in [-0.3, -0.25) is 9.59 Å². The maximum atomic E-state index is 10.5. The number of ketones is 1. The molecule has 10 heavy (non-hydrogen) atoms. The summed E-state index contributed by atoms with van der Waals surface area (Å²) >= 11 is 10.1. The second-order valence-corrected chi connectivity index (χ2v) is 2.14. The first-order chi connectivity index (χ1) is 4.57. The van der Waals surface area contributed by atoms with Crippen molar-refractivity contribution in [3.05, 3.63) is 23.8 Å². The zero-order valence-electron chi connectivity index (χ0n) is 4.93. The lowest BCUT2D eigenvalue weighted by atomic mass is 10.3. The molecule has 0 saturated heterocycles. The second-order valence-electron chi connectivity index (χ2n) is 1.36. The first kappa shape index (κ1) is 9.40. The van der Waals surface area contributed by atoms with Crippen LogP contribution in [0.1, 0.15) is 0 Å². The Hall–Kier alpha value is -0.600. The van der Waals surface area contributed by atoms with E-state index in [1.54, 1.807) is 0 Å². The Kier molecular flexibility index (Phi) is 4.00. The lowest BCUT2D eigenvalue weighted by Gasteiger charge is -1.86. The van der Waals surface area contributed by atoms with Crippen molar-refractivity contribution in [2.75, 3.05) is 0 Å². The summed E-state index contributed by atoms with van der Waals surface area (Å²) in [5.41, 5.74) is 0. The number of hydrogen-bond donors (Lipinski definition) is 0. The predicted molar refractivity (Wildman–Crippen MR) is 40.0 cm³/mol. The molecule has 0 rings (SSSR count). The Balaban J connectivity index is 4.33. The Morgan fingerprint density at radius 3 is 2.10 bits per heavy atom. The molecule has 0 N–H and O–H groups in total. The zero-order chi connectivity index (χ0) is 8.15. The third-order valence-electron chi connectivity index (χ3n) is 0.661. The van der Waals surface area contributed by atoms with Gasteiger partial charge in [0.1, 0.15) is 0 Å². The fraction of sp³-hybridized carbons (Fsp3) is 0. The van der Waals surface area contributed by atoms with Crippen molar-refractivity contribution in [1.82, 2.24) is 0 Å². The summed E-state index contributed by atoms with van der Waals surface area (Å²) in [6.45, 7) is 3.16. The molecule has 54 valence electrons. The van der Waals surface area contributed by atoms with Crippen LogP contribution in [0.3, 0.4) is 0 Å². The molecule has 0 aromatic carbocycles. The van der Waals surface area contributed by atoms with Gasteiger partial charge in [-0.1, -0.05) is 18.2 Å². The maximum absolute atomic E-state index is 10.5. The van der Waals surface area contributed by atoms with Gasteiger partial charge in [-0.25, -0.2) is 0 Å². The Morgan fingerprint density at radius 2 is 1.80 bits per heavy atom. The third kappa shape index (κ3) is 3.43. The minimum atomic E-state index is -0.778. The molecule has 0 heterocycles. The molecule has 2 nitrogen and oxygen atoms in total. The first-order valence-corrected chi connectivity index (χ1v) is 3.07. The van der Waals surface area contributed by atoms with Gasteiger partial charge in [-0.2, -0.15) is 0 Å². The van der Waals surface area contributed by atoms with Gasteiger partial charge >= 0.3 is 0 Å². The average molecular weight is 179 g/mol. The van der Waals surface area contributed by atoms with E-state index in [1.165, 1.54) is 0 Å². The molecule has 0 aliphatic rings. The van der Waals surface area contributed by atoms with Crippen LogP contribution >= 0.6 is 23.2 Å². The number of halogens is 2. The van der Waals surface area contributed by atoms with Crippen molar-refractivity contribution in [1.29, 1.82) is 0 Å². The average Bonchev–Trinajstić information content (AvgIpc) is 1.85. The van der Waals surface area contributed by atoms with Crippen LogP contribution < -0.4 is 0 Å². The minimum absolute atomic E-state index is 0.227. The molecule has 0 aromatic rings. The molecule has 0 radical (unpaired) electrons. The van der Waals surface area contributed by atoms with Gasteiger partial charge in [0.25, 0.3) is 0 Å². The van der Waals surface area contributed by atoms with Crippen LogP contribution in [0, 0.1) is 0 Å². The lowest BCUT2D eigenvalue weighted by Crippen LogP contribution is -1.92. The number of hydrogen-bond acceptors (Lipinski definition) is 2. The second kappa shape index (κ2) is 4.25. The summed E-state index contributed by atoms with van der Waals surface area (Å²) in [7, 11) is 0. The van der Waals surface area contributed by atoms with E-state index in [9.17, 15) is 9.59 Å². The lowest BCUT2D eigenvalue weighted by molar-refractivity contribution is -0.111. The van der Waals surface area contributed by atoms with E-state index < -0.39 is 11.0 Å². The number of rotatable bonds is 3. The SMILES string of the molecule is C=CC(=O)C(Cl)=CC(=O)Cl. The Morgan fingerprint density at radius 1 is 1.30 bits per heavy atom. The molecular formula is C6H4Cl2O2. The van der Waals surface area contributed by atoms with E-state index in [-0.39, 0.29) is 5.03 Å². The van der Waals surface area contributed by atoms with Crippen molar-refractivity contribution < 1.29 is 9.59 Å². The van der Waals surface area contributed by atoms with Crippen LogP contribution in [0.4, 0.5) is 0 Å². The smallest absolute Gasteiger partial charge is 0.246 e. The highest BCUT2D eigenvalue weighted by Gasteiger charge is 2.02. The van der Waals surface area contributed by atoms with Crippen molar-refractivity contribution in [3.63, 3.8) is 0 Å². The first-order valence-electron chi connectivity index (χ1n) is 2.31. The van der Waals surface area contributed by atoms with Crippen LogP contribution in [-0.2, 0) is 9.59 Å². The fourth-order valence-electron chi connectivity index (χ4n) is 0.268. The van der Waals surface area contributed by atoms with Crippen LogP contribution in [0.5, 0.6) is 0 Å². The highest BCUT2D eigenvalue weighted by Crippen LogP contribution is 2.04. The predicted octanol–water partition coefficient (Wildman–Crippen LogP) is 1.63. The van der Waals surface area contributed by atoms with Gasteiger partial charge in [-0.15, -0.1) is 0 Å². The molecule has 4 heteroatoms. The van der Waals surface area contributed by atoms with E-state index in [0.717, 1.165) is 12.2 Å². The van der Waals surface area contributed by atoms with Crippen molar-refractivity contribution in [2.24, 2.45) is 0 Å². The van der Waals surface area contributed by atoms with Gasteiger partial charge in [0.2, 0.25) is 5.24 Å². The molecule has 0 bridgehead atoms. The minimum Gasteiger partial charge on any atom is -0.288 e. The zero-order valence-corrected chi connectivity index (χ0v) is 6.45. The summed E-state index contributed by atoms with van der Waals surface area (Å²) in [6, 6.07) is 0. The van der Waals surface area contributed by atoms with Gasteiger partial charge < -0.3 is 0 Å². The molecule has 0 aliphatic carbocycles. The van der Waals surface area contributed by atoms with Crippen LogP contribution in [-0.4, -0.2) is 11.0 Å². The van der Waals surface area contributed by atoms with Gasteiger partial charge in [0.05, 0.1) is 5.03 Å².